The molecule has 0 saturated carbocycles. The van der Waals surface area contributed by atoms with Gasteiger partial charge >= 0.3 is 110 Å². The van der Waals surface area contributed by atoms with Gasteiger partial charge in [-0.05, 0) is 0 Å². The third-order valence-electron chi connectivity index (χ3n) is 0.194. The number of carbonyl (C=O) groups is 1. The zero-order valence-corrected chi connectivity index (χ0v) is 17.6. The fourth-order valence-corrected chi connectivity index (χ4v) is 0.612. The van der Waals surface area contributed by atoms with Crippen LogP contribution in [-0.4, -0.2) is 37.2 Å². The molecule has 11 nitrogen and oxygen atoms in total. The number of hydrogen-bond acceptors (Lipinski definition) is 10. The predicted octanol–water partition coefficient (Wildman–Crippen LogP) is -12.2. The van der Waals surface area contributed by atoms with Gasteiger partial charge in [0.05, 0.1) is 0 Å². The first-order valence-corrected chi connectivity index (χ1v) is 4.80. The molecule has 0 bridgehead atoms. The van der Waals surface area contributed by atoms with Crippen LogP contribution in [0.15, 0.2) is 0 Å². The van der Waals surface area contributed by atoms with Gasteiger partial charge in [-0.15, -0.1) is 8.67 Å². The van der Waals surface area contributed by atoms with Crippen LogP contribution < -0.4 is 116 Å². The Morgan fingerprint density at radius 2 is 1.06 bits per heavy atom. The molecule has 86 valence electrons. The maximum atomic E-state index is 9.37. The Bertz CT molecular complexity index is 334. The monoisotopic (exact) mass is 338 g/mol. The van der Waals surface area contributed by atoms with Gasteiger partial charge in [0, 0.05) is 0 Å². The van der Waals surface area contributed by atoms with Crippen molar-refractivity contribution in [1.82, 2.24) is 0 Å². The summed E-state index contributed by atoms with van der Waals surface area (Å²) in [6.45, 7) is 0. The van der Waals surface area contributed by atoms with Crippen LogP contribution >= 0.6 is 0 Å². The Morgan fingerprint density at radius 1 is 0.941 bits per heavy atom. The van der Waals surface area contributed by atoms with Gasteiger partial charge < -0.3 is 24.1 Å². The molecule has 0 spiro atoms. The van der Waals surface area contributed by atoms with E-state index in [0.717, 1.165) is 0 Å². The number of rotatable bonds is 3. The van der Waals surface area contributed by atoms with Gasteiger partial charge in [-0.1, -0.05) is 0 Å². The second-order valence-electron chi connectivity index (χ2n) is 1.22. The van der Waals surface area contributed by atoms with Crippen molar-refractivity contribution in [1.29, 1.82) is 0 Å². The average Bonchev–Trinajstić information content (AvgIpc) is 1.79. The minimum Gasteiger partial charge on any atom is -0.724 e. The minimum absolute atomic E-state index is 0. The first-order valence-electron chi connectivity index (χ1n) is 2.13. The summed E-state index contributed by atoms with van der Waals surface area (Å²) in [6.07, 6.45) is -2.08. The van der Waals surface area contributed by atoms with E-state index in [1.165, 1.54) is 0 Å². The molecule has 0 aliphatic carbocycles. The Morgan fingerprint density at radius 3 is 1.12 bits per heavy atom. The number of carboxylic acid groups (broad SMARTS) is 2. The molecule has 0 fully saturated rings. The van der Waals surface area contributed by atoms with Gasteiger partial charge in [-0.3, -0.25) is 0 Å². The van der Waals surface area contributed by atoms with Crippen molar-refractivity contribution in [2.24, 2.45) is 0 Å². The molecule has 0 radical (unpaired) electrons. The van der Waals surface area contributed by atoms with Crippen molar-refractivity contribution < 1.29 is 160 Å². The second kappa shape index (κ2) is 15.0. The summed E-state index contributed by atoms with van der Waals surface area (Å²) in [4.78, 5) is 8.44. The molecule has 0 amide bonds. The molecular weight excluding hydrogens is 337 g/mol. The van der Waals surface area contributed by atoms with Crippen molar-refractivity contribution in [3.63, 3.8) is 0 Å². The maximum Gasteiger partial charge on any atom is 1.00 e. The standard InChI is InChI=1S/CH2O3.K.2Na.H2O8S2/c2-1(3)4;;;;1-9(2,3)7-8-10(4,5)6/h(H2,2,3,4);;;;(H,1,2,3)(H,4,5,6)/q;3*+1;/p-3. The van der Waals surface area contributed by atoms with Gasteiger partial charge in [0.25, 0.3) is 0 Å². The fourth-order valence-electron chi connectivity index (χ4n) is 0.0680. The minimum atomic E-state index is -5.31. The summed E-state index contributed by atoms with van der Waals surface area (Å²) in [5, 5.41) is 15.3. The van der Waals surface area contributed by atoms with E-state index >= 15 is 0 Å². The molecular formula is CHKNa2O11S2. The van der Waals surface area contributed by atoms with Crippen LogP contribution in [0.4, 0.5) is 4.79 Å². The van der Waals surface area contributed by atoms with Crippen LogP contribution in [0.2, 0.25) is 0 Å². The quantitative estimate of drug-likeness (QED) is 0.169. The molecule has 0 heterocycles. The van der Waals surface area contributed by atoms with E-state index in [4.69, 9.17) is 15.0 Å². The van der Waals surface area contributed by atoms with E-state index in [1.54, 1.807) is 0 Å². The van der Waals surface area contributed by atoms with E-state index in [9.17, 15) is 25.9 Å². The maximum absolute atomic E-state index is 9.37. The van der Waals surface area contributed by atoms with Gasteiger partial charge in [0.2, 0.25) is 27.0 Å². The summed E-state index contributed by atoms with van der Waals surface area (Å²) in [7, 11) is -10.6. The molecule has 0 atom stereocenters. The average molecular weight is 338 g/mol. The predicted molar refractivity (Wildman–Crippen MR) is 29.6 cm³/mol. The zero-order chi connectivity index (χ0) is 12.0. The van der Waals surface area contributed by atoms with Crippen molar-refractivity contribution >= 4 is 27.0 Å². The summed E-state index contributed by atoms with van der Waals surface area (Å²) in [5.41, 5.74) is 0. The second-order valence-corrected chi connectivity index (χ2v) is 3.12. The molecule has 0 saturated heterocycles. The molecule has 0 aromatic carbocycles. The smallest absolute Gasteiger partial charge is 0.724 e. The van der Waals surface area contributed by atoms with Crippen molar-refractivity contribution in [3.05, 3.63) is 0 Å². The van der Waals surface area contributed by atoms with E-state index in [-0.39, 0.29) is 110 Å². The third-order valence-corrected chi connectivity index (χ3v) is 0.750. The first-order chi connectivity index (χ1) is 5.94. The number of hydrogen-bond donors (Lipinski definition) is 1. The Kier molecular flexibility index (Phi) is 28.2. The summed E-state index contributed by atoms with van der Waals surface area (Å²) >= 11 is 0. The molecule has 16 heteroatoms. The molecule has 0 aliphatic rings. The van der Waals surface area contributed by atoms with Crippen LogP contribution in [0, 0.1) is 0 Å². The topological polar surface area (TPSA) is 193 Å². The van der Waals surface area contributed by atoms with E-state index in [0.29, 0.717) is 0 Å². The fraction of sp³-hybridized carbons (Fsp3) is 0. The van der Waals surface area contributed by atoms with Crippen molar-refractivity contribution in [2.75, 3.05) is 0 Å². The van der Waals surface area contributed by atoms with Gasteiger partial charge in [-0.2, -0.15) is 0 Å². The van der Waals surface area contributed by atoms with Gasteiger partial charge in [0.15, 0.2) is 0 Å². The van der Waals surface area contributed by atoms with E-state index in [2.05, 4.69) is 8.67 Å². The van der Waals surface area contributed by atoms with Crippen molar-refractivity contribution in [3.8, 4) is 0 Å². The first kappa shape index (κ1) is 31.8. The molecule has 0 rings (SSSR count). The third kappa shape index (κ3) is 55.5. The van der Waals surface area contributed by atoms with Crippen molar-refractivity contribution in [2.45, 2.75) is 0 Å². The van der Waals surface area contributed by atoms with Crippen LogP contribution in [0.25, 0.3) is 0 Å². The molecule has 0 unspecified atom stereocenters. The van der Waals surface area contributed by atoms with Crippen LogP contribution in [0.1, 0.15) is 0 Å². The summed E-state index contributed by atoms with van der Waals surface area (Å²) < 4.78 is 61.5. The Labute approximate surface area is 183 Å². The van der Waals surface area contributed by atoms with E-state index < -0.39 is 27.0 Å². The normalized spacial score (nSPS) is 9.29. The van der Waals surface area contributed by atoms with Crippen LogP contribution in [0.5, 0.6) is 0 Å². The SMILES string of the molecule is O=C([O-])O.O=S(=O)([O-])OOS(=O)(=O)[O-].[K+].[Na+].[Na+]. The molecule has 0 aromatic heterocycles. The summed E-state index contributed by atoms with van der Waals surface area (Å²) in [5.74, 6) is 0. The van der Waals surface area contributed by atoms with Crippen LogP contribution in [-0.2, 0) is 29.5 Å². The van der Waals surface area contributed by atoms with Crippen LogP contribution in [0.3, 0.4) is 0 Å². The largest absolute Gasteiger partial charge is 1.00 e. The Balaban J connectivity index is -0.0000000607. The molecule has 0 aromatic rings. The van der Waals surface area contributed by atoms with E-state index in [1.807, 2.05) is 0 Å². The Hall–Kier alpha value is 2.65. The molecule has 17 heavy (non-hydrogen) atoms. The van der Waals surface area contributed by atoms with Gasteiger partial charge in [-0.25, -0.2) is 16.8 Å². The summed E-state index contributed by atoms with van der Waals surface area (Å²) in [6, 6.07) is 0. The van der Waals surface area contributed by atoms with Gasteiger partial charge in [0.1, 0.15) is 0 Å². The molecule has 1 N–H and O–H groups in total. The molecule has 0 aliphatic heterocycles. The zero-order valence-electron chi connectivity index (χ0n) is 8.85.